The van der Waals surface area contributed by atoms with Gasteiger partial charge in [0.1, 0.15) is 73.2 Å². The molecule has 3 aliphatic rings. The Hall–Kier alpha value is -1.99. The Labute approximate surface area is 574 Å². The highest BCUT2D eigenvalue weighted by atomic mass is 16.8. The van der Waals surface area contributed by atoms with Crippen molar-refractivity contribution in [3.8, 4) is 0 Å². The molecule has 19 heteroatoms. The van der Waals surface area contributed by atoms with Crippen LogP contribution in [0.2, 0.25) is 0 Å². The third kappa shape index (κ3) is 38.6. The van der Waals surface area contributed by atoms with Crippen LogP contribution in [0, 0.1) is 0 Å². The van der Waals surface area contributed by atoms with Crippen molar-refractivity contribution in [1.29, 1.82) is 0 Å². The number of carbonyl (C=O) groups excluding carboxylic acids is 1. The predicted molar refractivity (Wildman–Crippen MR) is 374 cm³/mol. The third-order valence-corrected chi connectivity index (χ3v) is 19.4. The van der Waals surface area contributed by atoms with Crippen molar-refractivity contribution < 1.29 is 89.4 Å². The molecule has 12 N–H and O–H groups in total. The molecule has 558 valence electrons. The Morgan fingerprint density at radius 3 is 1.05 bits per heavy atom. The summed E-state index contributed by atoms with van der Waals surface area (Å²) in [5, 5.41) is 121. The average Bonchev–Trinajstić information content (AvgIpc) is 0.787. The van der Waals surface area contributed by atoms with E-state index in [1.807, 2.05) is 6.08 Å². The number of hydrogen-bond donors (Lipinski definition) is 12. The fourth-order valence-corrected chi connectivity index (χ4v) is 13.2. The molecular weight excluding hydrogens is 1210 g/mol. The van der Waals surface area contributed by atoms with E-state index in [1.165, 1.54) is 231 Å². The van der Waals surface area contributed by atoms with Gasteiger partial charge in [-0.3, -0.25) is 4.79 Å². The van der Waals surface area contributed by atoms with Gasteiger partial charge in [-0.25, -0.2) is 0 Å². The quantitative estimate of drug-likeness (QED) is 0.0199. The lowest BCUT2D eigenvalue weighted by Crippen LogP contribution is -2.66. The van der Waals surface area contributed by atoms with Gasteiger partial charge in [-0.1, -0.05) is 294 Å². The van der Waals surface area contributed by atoms with E-state index < -0.39 is 124 Å². The predicted octanol–water partition coefficient (Wildman–Crippen LogP) is 11.9. The highest BCUT2D eigenvalue weighted by Gasteiger charge is 2.53. The smallest absolute Gasteiger partial charge is 0.220 e. The maximum absolute atomic E-state index is 13.4. The Balaban J connectivity index is 1.41. The molecule has 0 bridgehead atoms. The van der Waals surface area contributed by atoms with E-state index >= 15 is 0 Å². The largest absolute Gasteiger partial charge is 0.394 e. The number of amides is 1. The van der Waals surface area contributed by atoms with Crippen LogP contribution in [0.1, 0.15) is 309 Å². The second-order valence-corrected chi connectivity index (χ2v) is 27.8. The van der Waals surface area contributed by atoms with Crippen molar-refractivity contribution in [2.24, 2.45) is 0 Å². The van der Waals surface area contributed by atoms with E-state index in [2.05, 4.69) is 43.5 Å². The first-order chi connectivity index (χ1) is 46.3. The normalized spacial score (nSPS) is 27.4. The molecule has 0 aromatic rings. The summed E-state index contributed by atoms with van der Waals surface area (Å²) >= 11 is 0. The van der Waals surface area contributed by atoms with Crippen LogP contribution >= 0.6 is 0 Å². The summed E-state index contributed by atoms with van der Waals surface area (Å²) in [5.74, 6) is -0.284. The molecule has 0 aromatic heterocycles. The summed E-state index contributed by atoms with van der Waals surface area (Å²) in [6, 6.07) is -0.995. The van der Waals surface area contributed by atoms with Crippen molar-refractivity contribution >= 4 is 5.91 Å². The zero-order valence-electron chi connectivity index (χ0n) is 59.4. The molecule has 3 saturated heterocycles. The fraction of sp³-hybridized carbons (Fsp3) is 0.908. The van der Waals surface area contributed by atoms with Gasteiger partial charge < -0.3 is 89.9 Å². The Bertz CT molecular complexity index is 1860. The number of carbonyl (C=O) groups is 1. The van der Waals surface area contributed by atoms with E-state index in [0.717, 1.165) is 44.9 Å². The van der Waals surface area contributed by atoms with E-state index in [-0.39, 0.29) is 18.9 Å². The molecule has 19 nitrogen and oxygen atoms in total. The number of allylic oxidation sites excluding steroid dienone is 5. The lowest BCUT2D eigenvalue weighted by molar-refractivity contribution is -0.379. The van der Waals surface area contributed by atoms with Crippen LogP contribution in [0.15, 0.2) is 36.5 Å². The van der Waals surface area contributed by atoms with Crippen molar-refractivity contribution in [1.82, 2.24) is 5.32 Å². The summed E-state index contributed by atoms with van der Waals surface area (Å²) in [6.45, 7) is 1.75. The lowest BCUT2D eigenvalue weighted by Gasteiger charge is -2.48. The van der Waals surface area contributed by atoms with Gasteiger partial charge in [-0.15, -0.1) is 0 Å². The number of ether oxygens (including phenoxy) is 6. The Morgan fingerprint density at radius 1 is 0.368 bits per heavy atom. The van der Waals surface area contributed by atoms with Crippen molar-refractivity contribution in [3.05, 3.63) is 36.5 Å². The number of aliphatic hydroxyl groups is 11. The molecule has 95 heavy (non-hydrogen) atoms. The second kappa shape index (κ2) is 57.6. The van der Waals surface area contributed by atoms with Gasteiger partial charge in [0.05, 0.1) is 38.6 Å². The van der Waals surface area contributed by atoms with Crippen molar-refractivity contribution in [3.63, 3.8) is 0 Å². The van der Waals surface area contributed by atoms with Crippen LogP contribution in [0.25, 0.3) is 0 Å². The average molecular weight is 1360 g/mol. The van der Waals surface area contributed by atoms with Gasteiger partial charge in [0, 0.05) is 6.42 Å². The van der Waals surface area contributed by atoms with Crippen LogP contribution in [-0.2, 0) is 33.2 Å². The molecule has 3 aliphatic heterocycles. The molecule has 0 aromatic carbocycles. The van der Waals surface area contributed by atoms with E-state index in [0.29, 0.717) is 12.8 Å². The van der Waals surface area contributed by atoms with Crippen LogP contribution in [0.3, 0.4) is 0 Å². The molecule has 3 heterocycles. The van der Waals surface area contributed by atoms with Gasteiger partial charge in [-0.2, -0.15) is 0 Å². The summed E-state index contributed by atoms with van der Waals surface area (Å²) in [5.41, 5.74) is 0. The van der Waals surface area contributed by atoms with Gasteiger partial charge in [-0.05, 0) is 44.9 Å². The molecule has 0 aliphatic carbocycles. The number of unbranched alkanes of at least 4 members (excludes halogenated alkanes) is 41. The molecule has 0 saturated carbocycles. The SMILES string of the molecule is CCCCCCCCCCCCCCCCCCCCCC/C=C/CC/C=C/CC/C=C/C(O)C(COC1OC(CO)C(OC2OC(CO)C(OC3OC(CO)C(O)C(O)C3O)C(O)C2O)C(O)C1O)NC(=O)CCCCCCCCCCCCCCCCCCCCCC. The minimum absolute atomic E-state index is 0.236. The molecule has 1 amide bonds. The number of aliphatic hydroxyl groups excluding tert-OH is 11. The Kier molecular flexibility index (Phi) is 52.9. The van der Waals surface area contributed by atoms with Crippen molar-refractivity contribution in [2.45, 2.75) is 413 Å². The minimum Gasteiger partial charge on any atom is -0.394 e. The monoisotopic (exact) mass is 1360 g/mol. The zero-order chi connectivity index (χ0) is 68.9. The maximum atomic E-state index is 13.4. The van der Waals surface area contributed by atoms with E-state index in [9.17, 15) is 61.0 Å². The molecule has 0 spiro atoms. The molecule has 17 unspecified atom stereocenters. The standard InChI is InChI=1S/C76H141NO18/c1-3-5-7-9-11-13-15-17-19-21-23-25-26-27-28-29-30-31-32-33-34-35-37-39-41-43-45-47-49-51-53-60(81)59(77-64(82)54-52-50-48-46-44-42-40-38-36-24-22-20-18-16-14-12-10-8-6-4-2)58-90-74-70(88)67(85)72(62(56-79)92-74)95-76-71(89)68(86)73(63(57-80)93-76)94-75-69(87)66(84)65(83)61(55-78)91-75/h35,37,43,45,51,53,59-63,65-76,78-81,83-89H,3-34,36,38-42,44,46-50,52,54-58H2,1-2H3,(H,77,82)/b37-35+,45-43+,53-51+. The van der Waals surface area contributed by atoms with Crippen LogP contribution < -0.4 is 5.32 Å². The number of nitrogens with one attached hydrogen (secondary N) is 1. The molecule has 3 fully saturated rings. The number of hydrogen-bond acceptors (Lipinski definition) is 18. The first kappa shape index (κ1) is 87.2. The molecule has 3 rings (SSSR count). The molecule has 17 atom stereocenters. The van der Waals surface area contributed by atoms with Gasteiger partial charge >= 0.3 is 0 Å². The van der Waals surface area contributed by atoms with Crippen LogP contribution in [0.4, 0.5) is 0 Å². The van der Waals surface area contributed by atoms with Crippen LogP contribution in [-0.4, -0.2) is 193 Å². The second-order valence-electron chi connectivity index (χ2n) is 27.8. The van der Waals surface area contributed by atoms with Gasteiger partial charge in [0.25, 0.3) is 0 Å². The fourth-order valence-electron chi connectivity index (χ4n) is 13.2. The van der Waals surface area contributed by atoms with Crippen LogP contribution in [0.5, 0.6) is 0 Å². The minimum atomic E-state index is -1.98. The van der Waals surface area contributed by atoms with Gasteiger partial charge in [0.2, 0.25) is 5.91 Å². The third-order valence-electron chi connectivity index (χ3n) is 19.4. The summed E-state index contributed by atoms with van der Waals surface area (Å²) in [7, 11) is 0. The van der Waals surface area contributed by atoms with E-state index in [4.69, 9.17) is 28.4 Å². The topological polar surface area (TPSA) is 307 Å². The maximum Gasteiger partial charge on any atom is 0.220 e. The first-order valence-electron chi connectivity index (χ1n) is 38.7. The number of rotatable bonds is 61. The summed E-state index contributed by atoms with van der Waals surface area (Å²) in [6.07, 6.45) is 42.8. The molecular formula is C76H141NO18. The Morgan fingerprint density at radius 2 is 0.674 bits per heavy atom. The highest BCUT2D eigenvalue weighted by molar-refractivity contribution is 5.76. The van der Waals surface area contributed by atoms with Crippen molar-refractivity contribution in [2.75, 3.05) is 26.4 Å². The van der Waals surface area contributed by atoms with Gasteiger partial charge in [0.15, 0.2) is 18.9 Å². The molecule has 0 radical (unpaired) electrons. The van der Waals surface area contributed by atoms with E-state index in [1.54, 1.807) is 6.08 Å². The highest BCUT2D eigenvalue weighted by Crippen LogP contribution is 2.33. The zero-order valence-corrected chi connectivity index (χ0v) is 59.4. The lowest BCUT2D eigenvalue weighted by atomic mass is 9.96. The summed E-state index contributed by atoms with van der Waals surface area (Å²) in [4.78, 5) is 13.4. The first-order valence-corrected chi connectivity index (χ1v) is 38.7. The summed E-state index contributed by atoms with van der Waals surface area (Å²) < 4.78 is 34.4.